The summed E-state index contributed by atoms with van der Waals surface area (Å²) < 4.78 is 6.40. The molecule has 1 amide bonds. The van der Waals surface area contributed by atoms with Crippen molar-refractivity contribution in [1.82, 2.24) is 15.2 Å². The van der Waals surface area contributed by atoms with E-state index in [1.165, 1.54) is 12.7 Å². The monoisotopic (exact) mass is 362 g/mol. The zero-order chi connectivity index (χ0) is 19.1. The molecule has 27 heavy (non-hydrogen) atoms. The lowest BCUT2D eigenvalue weighted by Gasteiger charge is -2.02. The minimum Gasteiger partial charge on any atom is -0.452 e. The van der Waals surface area contributed by atoms with Crippen molar-refractivity contribution in [1.29, 1.82) is 0 Å². The molecule has 3 rings (SSSR count). The van der Waals surface area contributed by atoms with Crippen LogP contribution < -0.4 is 5.43 Å². The Hall–Kier alpha value is -3.41. The van der Waals surface area contributed by atoms with Gasteiger partial charge in [-0.3, -0.25) is 4.68 Å². The third-order valence-electron chi connectivity index (χ3n) is 4.16. The molecule has 0 spiro atoms. The number of rotatable bonds is 6. The van der Waals surface area contributed by atoms with E-state index < -0.39 is 6.09 Å². The highest BCUT2D eigenvalue weighted by Gasteiger charge is 2.11. The fourth-order valence-corrected chi connectivity index (χ4v) is 2.71. The smallest absolute Gasteiger partial charge is 0.427 e. The van der Waals surface area contributed by atoms with Gasteiger partial charge in [0.1, 0.15) is 5.69 Å². The molecular formula is C21H22N4O2. The van der Waals surface area contributed by atoms with E-state index in [-0.39, 0.29) is 0 Å². The maximum atomic E-state index is 11.2. The van der Waals surface area contributed by atoms with Gasteiger partial charge >= 0.3 is 6.09 Å². The summed E-state index contributed by atoms with van der Waals surface area (Å²) in [7, 11) is 1.30. The van der Waals surface area contributed by atoms with Crippen molar-refractivity contribution in [3.8, 4) is 11.3 Å². The quantitative estimate of drug-likeness (QED) is 0.535. The van der Waals surface area contributed by atoms with Crippen molar-refractivity contribution in [2.75, 3.05) is 7.11 Å². The summed E-state index contributed by atoms with van der Waals surface area (Å²) in [6.45, 7) is 2.78. The molecule has 0 bridgehead atoms. The Kier molecular flexibility index (Phi) is 5.99. The molecule has 0 aliphatic rings. The largest absolute Gasteiger partial charge is 0.452 e. The van der Waals surface area contributed by atoms with Gasteiger partial charge in [-0.25, -0.2) is 10.2 Å². The topological polar surface area (TPSA) is 68.5 Å². The molecule has 3 aromatic rings. The lowest BCUT2D eigenvalue weighted by molar-refractivity contribution is 0.171. The molecule has 2 aromatic carbocycles. The number of hydrogen-bond donors (Lipinski definition) is 1. The number of ether oxygens (including phenoxy) is 1. The molecule has 0 aliphatic heterocycles. The third kappa shape index (κ3) is 4.82. The highest BCUT2D eigenvalue weighted by molar-refractivity contribution is 5.89. The van der Waals surface area contributed by atoms with Gasteiger partial charge in [0.05, 0.1) is 19.9 Å². The maximum Gasteiger partial charge on any atom is 0.427 e. The number of nitrogens with one attached hydrogen (secondary N) is 1. The van der Waals surface area contributed by atoms with Crippen molar-refractivity contribution in [3.05, 3.63) is 77.5 Å². The summed E-state index contributed by atoms with van der Waals surface area (Å²) in [5.41, 5.74) is 7.35. The summed E-state index contributed by atoms with van der Waals surface area (Å²) in [6, 6.07) is 18.4. The minimum absolute atomic E-state index is 0.614. The van der Waals surface area contributed by atoms with Gasteiger partial charge in [0.25, 0.3) is 0 Å². The minimum atomic E-state index is -0.614. The summed E-state index contributed by atoms with van der Waals surface area (Å²) >= 11 is 0. The van der Waals surface area contributed by atoms with Crippen LogP contribution in [0.3, 0.4) is 0 Å². The second-order valence-electron chi connectivity index (χ2n) is 6.03. The van der Waals surface area contributed by atoms with Crippen molar-refractivity contribution in [2.45, 2.75) is 19.9 Å². The second-order valence-corrected chi connectivity index (χ2v) is 6.03. The molecule has 1 heterocycles. The highest BCUT2D eigenvalue weighted by atomic mass is 16.5. The summed E-state index contributed by atoms with van der Waals surface area (Å²) in [5.74, 6) is 0. The van der Waals surface area contributed by atoms with Crippen LogP contribution in [0.4, 0.5) is 4.79 Å². The van der Waals surface area contributed by atoms with Crippen LogP contribution in [0.1, 0.15) is 23.6 Å². The Labute approximate surface area is 158 Å². The SMILES string of the molecule is CCc1ccc(-c2nn(Cc3ccccc3)cc2/C=N\NC(=O)OC)cc1. The fourth-order valence-electron chi connectivity index (χ4n) is 2.71. The Morgan fingerprint density at radius 3 is 2.56 bits per heavy atom. The molecule has 138 valence electrons. The van der Waals surface area contributed by atoms with Crippen LogP contribution in [0, 0.1) is 0 Å². The van der Waals surface area contributed by atoms with Crippen LogP contribution >= 0.6 is 0 Å². The average Bonchev–Trinajstić information content (AvgIpc) is 3.11. The van der Waals surface area contributed by atoms with E-state index >= 15 is 0 Å². The number of hydrogen-bond acceptors (Lipinski definition) is 4. The van der Waals surface area contributed by atoms with Crippen LogP contribution in [0.25, 0.3) is 11.3 Å². The number of nitrogens with zero attached hydrogens (tertiary/aromatic N) is 3. The van der Waals surface area contributed by atoms with E-state index in [1.807, 2.05) is 29.1 Å². The number of carbonyl (C=O) groups excluding carboxylic acids is 1. The molecule has 1 aromatic heterocycles. The third-order valence-corrected chi connectivity index (χ3v) is 4.16. The van der Waals surface area contributed by atoms with Gasteiger partial charge in [0.15, 0.2) is 0 Å². The molecule has 0 radical (unpaired) electrons. The number of benzene rings is 2. The number of methoxy groups -OCH3 is 1. The van der Waals surface area contributed by atoms with Gasteiger partial charge in [-0.1, -0.05) is 61.5 Å². The first-order valence-corrected chi connectivity index (χ1v) is 8.77. The van der Waals surface area contributed by atoms with Gasteiger partial charge in [0, 0.05) is 17.3 Å². The predicted octanol–water partition coefficient (Wildman–Crippen LogP) is 3.85. The molecule has 1 N–H and O–H groups in total. The first kappa shape index (κ1) is 18.4. The molecule has 0 saturated carbocycles. The number of aryl methyl sites for hydroxylation is 1. The number of aromatic nitrogens is 2. The summed E-state index contributed by atoms with van der Waals surface area (Å²) in [5, 5.41) is 8.68. The van der Waals surface area contributed by atoms with E-state index in [2.05, 4.69) is 58.6 Å². The zero-order valence-corrected chi connectivity index (χ0v) is 15.4. The Bertz CT molecular complexity index is 915. The molecular weight excluding hydrogens is 340 g/mol. The van der Waals surface area contributed by atoms with Gasteiger partial charge in [0.2, 0.25) is 0 Å². The normalized spacial score (nSPS) is 10.9. The van der Waals surface area contributed by atoms with Gasteiger partial charge in [-0.15, -0.1) is 0 Å². The van der Waals surface area contributed by atoms with Crippen LogP contribution in [-0.2, 0) is 17.7 Å². The zero-order valence-electron chi connectivity index (χ0n) is 15.4. The first-order chi connectivity index (χ1) is 13.2. The number of carbonyl (C=O) groups is 1. The van der Waals surface area contributed by atoms with E-state index in [4.69, 9.17) is 5.10 Å². The molecule has 0 unspecified atom stereocenters. The van der Waals surface area contributed by atoms with Gasteiger partial charge in [-0.2, -0.15) is 10.2 Å². The van der Waals surface area contributed by atoms with Crippen molar-refractivity contribution in [3.63, 3.8) is 0 Å². The van der Waals surface area contributed by atoms with Crippen LogP contribution in [0.15, 0.2) is 65.9 Å². The maximum absolute atomic E-state index is 11.2. The van der Waals surface area contributed by atoms with Crippen molar-refractivity contribution >= 4 is 12.3 Å². The standard InChI is InChI=1S/C21H22N4O2/c1-3-16-9-11-18(12-10-16)20-19(13-22-23-21(26)27-2)15-25(24-20)14-17-7-5-4-6-8-17/h4-13,15H,3,14H2,1-2H3,(H,23,26)/b22-13-. The first-order valence-electron chi connectivity index (χ1n) is 8.77. The van der Waals surface area contributed by atoms with E-state index in [1.54, 1.807) is 6.21 Å². The average molecular weight is 362 g/mol. The van der Waals surface area contributed by atoms with Crippen molar-refractivity contribution < 1.29 is 9.53 Å². The Morgan fingerprint density at radius 2 is 1.89 bits per heavy atom. The van der Waals surface area contributed by atoms with Crippen LogP contribution in [0.2, 0.25) is 0 Å². The Morgan fingerprint density at radius 1 is 1.15 bits per heavy atom. The lowest BCUT2D eigenvalue weighted by atomic mass is 10.1. The molecule has 6 nitrogen and oxygen atoms in total. The van der Waals surface area contributed by atoms with Crippen molar-refractivity contribution in [2.24, 2.45) is 5.10 Å². The highest BCUT2D eigenvalue weighted by Crippen LogP contribution is 2.22. The molecule has 0 fully saturated rings. The predicted molar refractivity (Wildman–Crippen MR) is 106 cm³/mol. The molecule has 0 atom stereocenters. The van der Waals surface area contributed by atoms with E-state index in [9.17, 15) is 4.79 Å². The summed E-state index contributed by atoms with van der Waals surface area (Å²) in [4.78, 5) is 11.2. The number of hydrazone groups is 1. The van der Waals surface area contributed by atoms with E-state index in [0.717, 1.165) is 28.8 Å². The van der Waals surface area contributed by atoms with Gasteiger partial charge < -0.3 is 4.74 Å². The van der Waals surface area contributed by atoms with Gasteiger partial charge in [-0.05, 0) is 17.5 Å². The summed E-state index contributed by atoms with van der Waals surface area (Å²) in [6.07, 6.45) is 3.87. The number of amides is 1. The van der Waals surface area contributed by atoms with Crippen LogP contribution in [-0.4, -0.2) is 29.2 Å². The van der Waals surface area contributed by atoms with Crippen LogP contribution in [0.5, 0.6) is 0 Å². The lowest BCUT2D eigenvalue weighted by Crippen LogP contribution is -2.16. The molecule has 6 heteroatoms. The van der Waals surface area contributed by atoms with E-state index in [0.29, 0.717) is 6.54 Å². The molecule has 0 aliphatic carbocycles. The Balaban J connectivity index is 1.91. The second kappa shape index (κ2) is 8.80. The molecule has 0 saturated heterocycles. The fraction of sp³-hybridized carbons (Fsp3) is 0.190.